The Kier molecular flexibility index (Phi) is 7.75. The lowest BCUT2D eigenvalue weighted by atomic mass is 9.99. The van der Waals surface area contributed by atoms with E-state index in [-0.39, 0.29) is 0 Å². The summed E-state index contributed by atoms with van der Waals surface area (Å²) in [4.78, 5) is 0. The highest BCUT2D eigenvalue weighted by atomic mass is 31.2. The molecule has 0 saturated heterocycles. The van der Waals surface area contributed by atoms with Crippen LogP contribution in [0.5, 0.6) is 0 Å². The fraction of sp³-hybridized carbons (Fsp3) is 0. The Morgan fingerprint density at radius 3 is 1.45 bits per heavy atom. The summed E-state index contributed by atoms with van der Waals surface area (Å²) in [5, 5.41) is 5.33. The molecule has 9 aromatic carbocycles. The van der Waals surface area contributed by atoms with E-state index in [1.54, 1.807) is 0 Å². The smallest absolute Gasteiger partial charge is 0.301 e. The van der Waals surface area contributed by atoms with Gasteiger partial charge in [-0.2, -0.15) is 0 Å². The zero-order chi connectivity index (χ0) is 39.8. The van der Waals surface area contributed by atoms with E-state index >= 15 is 4.57 Å². The van der Waals surface area contributed by atoms with Crippen LogP contribution in [0.2, 0.25) is 0 Å². The maximum Gasteiger partial charge on any atom is 0.301 e. The largest absolute Gasteiger partial charge is 0.456 e. The summed E-state index contributed by atoms with van der Waals surface area (Å²) in [7, 11) is -3.47. The Morgan fingerprint density at radius 1 is 0.350 bits per heavy atom. The molecule has 0 aliphatic carbocycles. The van der Waals surface area contributed by atoms with Gasteiger partial charge in [-0.15, -0.1) is 0 Å². The minimum absolute atomic E-state index is 0.762. The zero-order valence-corrected chi connectivity index (χ0v) is 33.3. The summed E-state index contributed by atoms with van der Waals surface area (Å²) in [6.45, 7) is 0. The summed E-state index contributed by atoms with van der Waals surface area (Å²) < 4.78 is 29.0. The van der Waals surface area contributed by atoms with Crippen LogP contribution >= 0.6 is 7.44 Å². The van der Waals surface area contributed by atoms with Gasteiger partial charge in [-0.3, -0.25) is 13.9 Å². The second kappa shape index (κ2) is 13.5. The molecule has 5 nitrogen and oxygen atoms in total. The first-order chi connectivity index (χ1) is 29.6. The molecular formula is C54H36N3O2P. The minimum atomic E-state index is -3.47. The van der Waals surface area contributed by atoms with E-state index in [9.17, 15) is 0 Å². The molecule has 0 bridgehead atoms. The third kappa shape index (κ3) is 5.23. The van der Waals surface area contributed by atoms with Crippen LogP contribution in [0.25, 0.3) is 71.7 Å². The molecule has 0 radical (unpaired) electrons. The lowest BCUT2D eigenvalue weighted by Gasteiger charge is -2.33. The van der Waals surface area contributed by atoms with Crippen LogP contribution in [0.4, 0.5) is 22.7 Å². The predicted octanol–water partition coefficient (Wildman–Crippen LogP) is 14.8. The Balaban J connectivity index is 1.00. The van der Waals surface area contributed by atoms with Crippen LogP contribution in [0.15, 0.2) is 223 Å². The molecule has 1 atom stereocenters. The first-order valence-corrected chi connectivity index (χ1v) is 21.8. The molecule has 0 spiro atoms. The van der Waals surface area contributed by atoms with Crippen LogP contribution in [-0.2, 0) is 4.57 Å². The van der Waals surface area contributed by atoms with Gasteiger partial charge in [-0.05, 0) is 119 Å². The summed E-state index contributed by atoms with van der Waals surface area (Å²) in [6, 6.07) is 75.4. The van der Waals surface area contributed by atoms with Gasteiger partial charge in [-0.25, -0.2) is 0 Å². The van der Waals surface area contributed by atoms with Gasteiger partial charge in [0.05, 0.1) is 27.7 Å². The van der Waals surface area contributed by atoms with Crippen molar-refractivity contribution in [3.05, 3.63) is 218 Å². The van der Waals surface area contributed by atoms with Crippen LogP contribution in [0.1, 0.15) is 0 Å². The van der Waals surface area contributed by atoms with Gasteiger partial charge in [0.25, 0.3) is 0 Å². The number of rotatable bonds is 6. The third-order valence-corrected chi connectivity index (χ3v) is 14.8. The van der Waals surface area contributed by atoms with Crippen molar-refractivity contribution in [3.63, 3.8) is 0 Å². The van der Waals surface area contributed by atoms with Crippen molar-refractivity contribution in [1.82, 2.24) is 4.57 Å². The molecule has 1 unspecified atom stereocenters. The zero-order valence-electron chi connectivity index (χ0n) is 32.4. The second-order valence-electron chi connectivity index (χ2n) is 15.3. The van der Waals surface area contributed by atoms with E-state index in [2.05, 4.69) is 137 Å². The second-order valence-corrected chi connectivity index (χ2v) is 17.7. The molecule has 3 heterocycles. The van der Waals surface area contributed by atoms with Crippen LogP contribution in [-0.4, -0.2) is 4.57 Å². The number of hydrogen-bond donors (Lipinski definition) is 0. The van der Waals surface area contributed by atoms with Crippen molar-refractivity contribution >= 4 is 79.2 Å². The first kappa shape index (κ1) is 34.5. The molecule has 0 saturated carbocycles. The summed E-state index contributed by atoms with van der Waals surface area (Å²) in [5.41, 5.74) is 13.0. The molecule has 6 heteroatoms. The van der Waals surface area contributed by atoms with Gasteiger partial charge in [0, 0.05) is 38.6 Å². The van der Waals surface area contributed by atoms with Gasteiger partial charge in [-0.1, -0.05) is 121 Å². The highest BCUT2D eigenvalue weighted by Gasteiger charge is 2.49. The maximum absolute atomic E-state index is 16.1. The summed E-state index contributed by atoms with van der Waals surface area (Å²) in [5.74, 6) is 0. The fourth-order valence-electron chi connectivity index (χ4n) is 9.16. The molecule has 284 valence electrons. The van der Waals surface area contributed by atoms with Crippen LogP contribution < -0.4 is 14.6 Å². The van der Waals surface area contributed by atoms with Gasteiger partial charge in [0.15, 0.2) is 0 Å². The summed E-state index contributed by atoms with van der Waals surface area (Å²) >= 11 is 0. The highest BCUT2D eigenvalue weighted by molar-refractivity contribution is 7.76. The number of fused-ring (bicyclic) bond motifs is 7. The number of benzene rings is 9. The Morgan fingerprint density at radius 2 is 0.817 bits per heavy atom. The number of para-hydroxylation sites is 4. The maximum atomic E-state index is 16.1. The van der Waals surface area contributed by atoms with Crippen molar-refractivity contribution < 1.29 is 8.98 Å². The molecule has 2 aromatic heterocycles. The quantitative estimate of drug-likeness (QED) is 0.157. The van der Waals surface area contributed by atoms with E-state index in [0.717, 1.165) is 77.9 Å². The number of nitrogens with zero attached hydrogens (tertiary/aromatic N) is 3. The van der Waals surface area contributed by atoms with Crippen molar-refractivity contribution in [2.75, 3.05) is 9.34 Å². The monoisotopic (exact) mass is 789 g/mol. The summed E-state index contributed by atoms with van der Waals surface area (Å²) in [6.07, 6.45) is 0. The van der Waals surface area contributed by atoms with Crippen molar-refractivity contribution in [3.8, 4) is 27.9 Å². The number of anilines is 4. The van der Waals surface area contributed by atoms with Crippen molar-refractivity contribution in [2.24, 2.45) is 0 Å². The Hall–Kier alpha value is -7.59. The average Bonchev–Trinajstić information content (AvgIpc) is 3.94. The van der Waals surface area contributed by atoms with E-state index < -0.39 is 7.44 Å². The van der Waals surface area contributed by atoms with Crippen LogP contribution in [0.3, 0.4) is 0 Å². The molecular weight excluding hydrogens is 754 g/mol. The molecule has 12 rings (SSSR count). The molecule has 11 aromatic rings. The SMILES string of the molecule is O=P1(c2ccccc2)N(c2ccccc2)c2ccc(-c3ccc4oc5ccc(-c6ccc7c8ccccc8n(-c8ccccc8)c7c6)cc5c4c3)cc2N1c1ccccc1. The van der Waals surface area contributed by atoms with Gasteiger partial charge < -0.3 is 8.98 Å². The van der Waals surface area contributed by atoms with Gasteiger partial charge >= 0.3 is 7.44 Å². The number of hydrogen-bond acceptors (Lipinski definition) is 2. The molecule has 1 aliphatic rings. The van der Waals surface area contributed by atoms with Crippen molar-refractivity contribution in [1.29, 1.82) is 0 Å². The van der Waals surface area contributed by atoms with Gasteiger partial charge in [0.2, 0.25) is 0 Å². The van der Waals surface area contributed by atoms with Crippen molar-refractivity contribution in [2.45, 2.75) is 0 Å². The number of aromatic nitrogens is 1. The molecule has 60 heavy (non-hydrogen) atoms. The minimum Gasteiger partial charge on any atom is -0.456 e. The molecule has 0 fully saturated rings. The number of furan rings is 1. The van der Waals surface area contributed by atoms with E-state index in [0.29, 0.717) is 0 Å². The molecule has 1 aliphatic heterocycles. The van der Waals surface area contributed by atoms with E-state index in [4.69, 9.17) is 4.42 Å². The molecule has 0 amide bonds. The topological polar surface area (TPSA) is 41.6 Å². The Bertz CT molecular complexity index is 3470. The fourth-order valence-corrected chi connectivity index (χ4v) is 12.2. The highest BCUT2D eigenvalue weighted by Crippen LogP contribution is 2.70. The first-order valence-electron chi connectivity index (χ1n) is 20.2. The third-order valence-electron chi connectivity index (χ3n) is 11.9. The lowest BCUT2D eigenvalue weighted by molar-refractivity contribution is 0.582. The standard InChI is InChI=1S/C54H36N3O2P/c58-60(44-21-11-4-12-22-44)56(42-17-7-2-8-18-42)50-30-26-40(36-52(50)57(60)43-19-9-3-10-20-43)38-28-32-54-48(34-38)47-33-37(27-31-53(47)59-54)39-25-29-46-45-23-13-14-24-49(45)55(51(46)35-39)41-15-5-1-6-16-41/h1-36H. The normalized spacial score (nSPS) is 15.1. The Labute approximate surface area is 347 Å². The van der Waals surface area contributed by atoms with Crippen LogP contribution in [0, 0.1) is 0 Å². The average molecular weight is 790 g/mol. The predicted molar refractivity (Wildman–Crippen MR) is 250 cm³/mol. The van der Waals surface area contributed by atoms with Gasteiger partial charge in [0.1, 0.15) is 11.2 Å². The molecule has 0 N–H and O–H groups in total. The van der Waals surface area contributed by atoms with E-state index in [1.807, 2.05) is 95.7 Å². The lowest BCUT2D eigenvalue weighted by Crippen LogP contribution is -2.26. The van der Waals surface area contributed by atoms with E-state index in [1.165, 1.54) is 21.8 Å².